The van der Waals surface area contributed by atoms with Gasteiger partial charge in [0, 0.05) is 11.4 Å². The van der Waals surface area contributed by atoms with Crippen LogP contribution in [0, 0.1) is 0 Å². The first kappa shape index (κ1) is 13.9. The van der Waals surface area contributed by atoms with Gasteiger partial charge in [0.05, 0.1) is 11.4 Å². The summed E-state index contributed by atoms with van der Waals surface area (Å²) in [4.78, 5) is 24.6. The number of hydrogen-bond donors (Lipinski definition) is 1. The molecule has 2 rings (SSSR count). The summed E-state index contributed by atoms with van der Waals surface area (Å²) in [6.45, 7) is 2.86. The first-order chi connectivity index (χ1) is 9.11. The second-order valence-electron chi connectivity index (χ2n) is 4.18. The van der Waals surface area contributed by atoms with Crippen LogP contribution in [-0.4, -0.2) is 30.0 Å². The maximum Gasteiger partial charge on any atom is 0.414 e. The van der Waals surface area contributed by atoms with Gasteiger partial charge >= 0.3 is 6.09 Å². The minimum atomic E-state index is -0.351. The molecule has 1 fully saturated rings. The molecular formula is C13H15BrN2O3. The Hall–Kier alpha value is -1.56. The van der Waals surface area contributed by atoms with Crippen molar-refractivity contribution in [2.45, 2.75) is 18.2 Å². The summed E-state index contributed by atoms with van der Waals surface area (Å²) in [5.41, 5.74) is 1.39. The van der Waals surface area contributed by atoms with E-state index in [0.717, 1.165) is 5.69 Å². The highest BCUT2D eigenvalue weighted by Gasteiger charge is 2.23. The SMILES string of the molecule is CCC(Br)C(=O)Nc1cccc(N2CCOC2=O)c1. The Labute approximate surface area is 120 Å². The average molecular weight is 327 g/mol. The Morgan fingerprint density at radius 1 is 1.58 bits per heavy atom. The molecule has 1 aromatic rings. The van der Waals surface area contributed by atoms with E-state index in [1.807, 2.05) is 13.0 Å². The number of halogens is 1. The van der Waals surface area contributed by atoms with Crippen molar-refractivity contribution in [3.05, 3.63) is 24.3 Å². The molecule has 1 atom stereocenters. The molecule has 1 heterocycles. The van der Waals surface area contributed by atoms with Crippen molar-refractivity contribution in [2.75, 3.05) is 23.4 Å². The van der Waals surface area contributed by atoms with Gasteiger partial charge in [-0.2, -0.15) is 0 Å². The van der Waals surface area contributed by atoms with Gasteiger partial charge in [0.1, 0.15) is 6.61 Å². The lowest BCUT2D eigenvalue weighted by molar-refractivity contribution is -0.115. The lowest BCUT2D eigenvalue weighted by Gasteiger charge is -2.15. The Bertz CT molecular complexity index is 493. The van der Waals surface area contributed by atoms with E-state index in [1.54, 1.807) is 23.1 Å². The van der Waals surface area contributed by atoms with E-state index < -0.39 is 0 Å². The van der Waals surface area contributed by atoms with Gasteiger partial charge in [-0.05, 0) is 24.6 Å². The Morgan fingerprint density at radius 3 is 3.00 bits per heavy atom. The Balaban J connectivity index is 2.11. The fourth-order valence-electron chi connectivity index (χ4n) is 1.79. The molecule has 1 saturated heterocycles. The van der Waals surface area contributed by atoms with E-state index in [1.165, 1.54) is 0 Å². The van der Waals surface area contributed by atoms with Crippen molar-refractivity contribution in [2.24, 2.45) is 0 Å². The minimum absolute atomic E-state index is 0.0938. The number of ether oxygens (including phenoxy) is 1. The maximum atomic E-state index is 11.8. The van der Waals surface area contributed by atoms with Gasteiger partial charge in [-0.15, -0.1) is 0 Å². The molecular weight excluding hydrogens is 312 g/mol. The second kappa shape index (κ2) is 6.06. The number of benzene rings is 1. The summed E-state index contributed by atoms with van der Waals surface area (Å²) in [5.74, 6) is -0.0938. The van der Waals surface area contributed by atoms with Crippen molar-refractivity contribution in [1.29, 1.82) is 0 Å². The van der Waals surface area contributed by atoms with Gasteiger partial charge in [-0.25, -0.2) is 4.79 Å². The number of anilines is 2. The quantitative estimate of drug-likeness (QED) is 0.865. The van der Waals surface area contributed by atoms with Crippen molar-refractivity contribution in [3.63, 3.8) is 0 Å². The third kappa shape index (κ3) is 3.26. The Morgan fingerprint density at radius 2 is 2.37 bits per heavy atom. The van der Waals surface area contributed by atoms with Crippen LogP contribution in [-0.2, 0) is 9.53 Å². The van der Waals surface area contributed by atoms with Gasteiger partial charge in [-0.3, -0.25) is 9.69 Å². The van der Waals surface area contributed by atoms with Gasteiger partial charge < -0.3 is 10.1 Å². The molecule has 1 unspecified atom stereocenters. The van der Waals surface area contributed by atoms with Crippen molar-refractivity contribution >= 4 is 39.3 Å². The first-order valence-corrected chi connectivity index (χ1v) is 7.02. The first-order valence-electron chi connectivity index (χ1n) is 6.11. The second-order valence-corrected chi connectivity index (χ2v) is 5.29. The topological polar surface area (TPSA) is 58.6 Å². The zero-order valence-corrected chi connectivity index (χ0v) is 12.1. The number of carbonyl (C=O) groups is 2. The smallest absolute Gasteiger partial charge is 0.414 e. The molecule has 19 heavy (non-hydrogen) atoms. The lowest BCUT2D eigenvalue weighted by Crippen LogP contribution is -2.24. The molecule has 0 radical (unpaired) electrons. The number of alkyl halides is 1. The molecule has 0 spiro atoms. The number of hydrogen-bond acceptors (Lipinski definition) is 3. The largest absolute Gasteiger partial charge is 0.447 e. The zero-order valence-electron chi connectivity index (χ0n) is 10.6. The van der Waals surface area contributed by atoms with Crippen LogP contribution in [0.5, 0.6) is 0 Å². The molecule has 1 aliphatic rings. The summed E-state index contributed by atoms with van der Waals surface area (Å²) in [6, 6.07) is 7.16. The summed E-state index contributed by atoms with van der Waals surface area (Å²) >= 11 is 3.30. The van der Waals surface area contributed by atoms with E-state index in [4.69, 9.17) is 4.74 Å². The fraction of sp³-hybridized carbons (Fsp3) is 0.385. The molecule has 6 heteroatoms. The molecule has 0 bridgehead atoms. The van der Waals surface area contributed by atoms with Crippen molar-refractivity contribution in [1.82, 2.24) is 0 Å². The minimum Gasteiger partial charge on any atom is -0.447 e. The zero-order chi connectivity index (χ0) is 13.8. The fourth-order valence-corrected chi connectivity index (χ4v) is 1.90. The third-order valence-electron chi connectivity index (χ3n) is 2.83. The standard InChI is InChI=1S/C13H15BrN2O3/c1-2-11(14)12(17)15-9-4-3-5-10(8-9)16-6-7-19-13(16)18/h3-5,8,11H,2,6-7H2,1H3,(H,15,17). The Kier molecular flexibility index (Phi) is 4.42. The van der Waals surface area contributed by atoms with Gasteiger partial charge in [0.25, 0.3) is 0 Å². The molecule has 1 aliphatic heterocycles. The van der Waals surface area contributed by atoms with E-state index in [2.05, 4.69) is 21.2 Å². The number of carbonyl (C=O) groups excluding carboxylic acids is 2. The van der Waals surface area contributed by atoms with Crippen LogP contribution in [0.3, 0.4) is 0 Å². The molecule has 2 amide bonds. The number of nitrogens with zero attached hydrogens (tertiary/aromatic N) is 1. The highest BCUT2D eigenvalue weighted by molar-refractivity contribution is 9.10. The van der Waals surface area contributed by atoms with E-state index >= 15 is 0 Å². The van der Waals surface area contributed by atoms with E-state index in [9.17, 15) is 9.59 Å². The third-order valence-corrected chi connectivity index (χ3v) is 3.89. The summed E-state index contributed by atoms with van der Waals surface area (Å²) in [7, 11) is 0. The maximum absolute atomic E-state index is 11.8. The van der Waals surface area contributed by atoms with Crippen molar-refractivity contribution in [3.8, 4) is 0 Å². The molecule has 0 aliphatic carbocycles. The predicted octanol–water partition coefficient (Wildman–Crippen LogP) is 2.76. The molecule has 1 N–H and O–H groups in total. The van der Waals surface area contributed by atoms with Gasteiger partial charge in [0.15, 0.2) is 0 Å². The van der Waals surface area contributed by atoms with Crippen LogP contribution < -0.4 is 10.2 Å². The average Bonchev–Trinajstić information content (AvgIpc) is 2.84. The number of amides is 2. The molecule has 0 aromatic heterocycles. The van der Waals surface area contributed by atoms with Crippen molar-refractivity contribution < 1.29 is 14.3 Å². The highest BCUT2D eigenvalue weighted by atomic mass is 79.9. The van der Waals surface area contributed by atoms with Crippen LogP contribution in [0.2, 0.25) is 0 Å². The number of rotatable bonds is 4. The summed E-state index contributed by atoms with van der Waals surface area (Å²) in [6.07, 6.45) is 0.361. The van der Waals surface area contributed by atoms with E-state index in [0.29, 0.717) is 25.3 Å². The summed E-state index contributed by atoms with van der Waals surface area (Å²) in [5, 5.41) is 2.81. The van der Waals surface area contributed by atoms with Crippen LogP contribution in [0.15, 0.2) is 24.3 Å². The van der Waals surface area contributed by atoms with Crippen LogP contribution in [0.4, 0.5) is 16.2 Å². The van der Waals surface area contributed by atoms with Crippen LogP contribution in [0.25, 0.3) is 0 Å². The predicted molar refractivity (Wildman–Crippen MR) is 76.8 cm³/mol. The molecule has 1 aromatic carbocycles. The van der Waals surface area contributed by atoms with Crippen LogP contribution >= 0.6 is 15.9 Å². The molecule has 0 saturated carbocycles. The van der Waals surface area contributed by atoms with Gasteiger partial charge in [-0.1, -0.05) is 28.9 Å². The molecule has 5 nitrogen and oxygen atoms in total. The van der Waals surface area contributed by atoms with Gasteiger partial charge in [0.2, 0.25) is 5.91 Å². The summed E-state index contributed by atoms with van der Waals surface area (Å²) < 4.78 is 4.89. The van der Waals surface area contributed by atoms with Crippen LogP contribution in [0.1, 0.15) is 13.3 Å². The molecule has 102 valence electrons. The number of nitrogens with one attached hydrogen (secondary N) is 1. The van der Waals surface area contributed by atoms with E-state index in [-0.39, 0.29) is 16.8 Å². The normalized spacial score (nSPS) is 16.1. The lowest BCUT2D eigenvalue weighted by atomic mass is 10.2. The highest BCUT2D eigenvalue weighted by Crippen LogP contribution is 2.23. The number of cyclic esters (lactones) is 1. The monoisotopic (exact) mass is 326 g/mol.